The average molecular weight is 185 g/mol. The first-order valence-corrected chi connectivity index (χ1v) is 3.91. The molecule has 0 bridgehead atoms. The molecule has 0 aromatic rings. The number of nitrogens with two attached hydrogens (primary N) is 1. The van der Waals surface area contributed by atoms with E-state index in [0.717, 1.165) is 12.8 Å². The lowest BCUT2D eigenvalue weighted by Crippen LogP contribution is -2.12. The predicted octanol–water partition coefficient (Wildman–Crippen LogP) is 1.69. The Morgan fingerprint density at radius 3 is 2.25 bits per heavy atom. The summed E-state index contributed by atoms with van der Waals surface area (Å²) in [6, 6.07) is 0. The van der Waals surface area contributed by atoms with Crippen molar-refractivity contribution in [1.29, 1.82) is 0 Å². The lowest BCUT2D eigenvalue weighted by Gasteiger charge is -2.06. The Hall–Kier alpha value is -0.290. The Labute approximate surface area is 69.9 Å². The molecule has 74 valence electrons. The standard InChI is InChI=1S/C7H14F3NO/c8-7(9,10)3-6-12-5-2-1-4-11/h1-6,11H2. The Morgan fingerprint density at radius 1 is 1.08 bits per heavy atom. The zero-order valence-corrected chi connectivity index (χ0v) is 6.86. The van der Waals surface area contributed by atoms with E-state index in [1.54, 1.807) is 0 Å². The van der Waals surface area contributed by atoms with Gasteiger partial charge in [-0.1, -0.05) is 0 Å². The summed E-state index contributed by atoms with van der Waals surface area (Å²) in [6.45, 7) is 0.685. The van der Waals surface area contributed by atoms with E-state index in [-0.39, 0.29) is 6.61 Å². The molecule has 2 nitrogen and oxygen atoms in total. The van der Waals surface area contributed by atoms with Gasteiger partial charge >= 0.3 is 6.18 Å². The molecule has 0 rings (SSSR count). The molecule has 5 heteroatoms. The molecule has 0 saturated heterocycles. The maximum Gasteiger partial charge on any atom is 0.391 e. The Balaban J connectivity index is 3.01. The van der Waals surface area contributed by atoms with Crippen molar-refractivity contribution < 1.29 is 17.9 Å². The van der Waals surface area contributed by atoms with E-state index in [0.29, 0.717) is 13.2 Å². The summed E-state index contributed by atoms with van der Waals surface area (Å²) >= 11 is 0. The van der Waals surface area contributed by atoms with E-state index in [9.17, 15) is 13.2 Å². The van der Waals surface area contributed by atoms with Crippen LogP contribution in [0.1, 0.15) is 19.3 Å². The molecule has 12 heavy (non-hydrogen) atoms. The van der Waals surface area contributed by atoms with Crippen LogP contribution in [-0.2, 0) is 4.74 Å². The van der Waals surface area contributed by atoms with Crippen LogP contribution in [-0.4, -0.2) is 25.9 Å². The normalized spacial score (nSPS) is 12.0. The lowest BCUT2D eigenvalue weighted by atomic mass is 10.3. The summed E-state index contributed by atoms with van der Waals surface area (Å²) in [4.78, 5) is 0. The summed E-state index contributed by atoms with van der Waals surface area (Å²) in [6.07, 6.45) is -3.44. The van der Waals surface area contributed by atoms with Crippen molar-refractivity contribution in [3.63, 3.8) is 0 Å². The molecular formula is C7H14F3NO. The summed E-state index contributed by atoms with van der Waals surface area (Å²) in [5.41, 5.74) is 5.18. The molecule has 2 N–H and O–H groups in total. The van der Waals surface area contributed by atoms with Gasteiger partial charge in [0.25, 0.3) is 0 Å². The van der Waals surface area contributed by atoms with Gasteiger partial charge in [-0.15, -0.1) is 0 Å². The molecular weight excluding hydrogens is 171 g/mol. The first-order valence-electron chi connectivity index (χ1n) is 3.91. The monoisotopic (exact) mass is 185 g/mol. The van der Waals surface area contributed by atoms with Crippen molar-refractivity contribution in [2.24, 2.45) is 5.73 Å². The van der Waals surface area contributed by atoms with Crippen molar-refractivity contribution in [2.45, 2.75) is 25.4 Å². The third-order valence-electron chi connectivity index (χ3n) is 1.27. The molecule has 0 aliphatic rings. The second-order valence-corrected chi connectivity index (χ2v) is 2.47. The van der Waals surface area contributed by atoms with E-state index in [1.807, 2.05) is 0 Å². The quantitative estimate of drug-likeness (QED) is 0.639. The number of unbranched alkanes of at least 4 members (excludes halogenated alkanes) is 1. The maximum absolute atomic E-state index is 11.5. The second kappa shape index (κ2) is 6.25. The van der Waals surface area contributed by atoms with E-state index in [4.69, 9.17) is 10.5 Å². The first kappa shape index (κ1) is 11.7. The Kier molecular flexibility index (Phi) is 6.10. The van der Waals surface area contributed by atoms with Gasteiger partial charge in [0, 0.05) is 6.61 Å². The fourth-order valence-corrected chi connectivity index (χ4v) is 0.638. The van der Waals surface area contributed by atoms with Crippen molar-refractivity contribution in [3.8, 4) is 0 Å². The van der Waals surface area contributed by atoms with Crippen LogP contribution in [0.2, 0.25) is 0 Å². The highest BCUT2D eigenvalue weighted by molar-refractivity contribution is 4.48. The third-order valence-corrected chi connectivity index (χ3v) is 1.27. The van der Waals surface area contributed by atoms with Crippen molar-refractivity contribution in [2.75, 3.05) is 19.8 Å². The average Bonchev–Trinajstić information content (AvgIpc) is 1.94. The van der Waals surface area contributed by atoms with Gasteiger partial charge < -0.3 is 10.5 Å². The zero-order valence-electron chi connectivity index (χ0n) is 6.86. The first-order chi connectivity index (χ1) is 5.56. The summed E-state index contributed by atoms with van der Waals surface area (Å²) in [5, 5.41) is 0. The van der Waals surface area contributed by atoms with Crippen LogP contribution in [0.25, 0.3) is 0 Å². The molecule has 0 radical (unpaired) electrons. The molecule has 0 aliphatic heterocycles. The minimum atomic E-state index is -4.10. The number of hydrogen-bond acceptors (Lipinski definition) is 2. The van der Waals surface area contributed by atoms with Crippen LogP contribution >= 0.6 is 0 Å². The van der Waals surface area contributed by atoms with Crippen LogP contribution in [0, 0.1) is 0 Å². The van der Waals surface area contributed by atoms with Gasteiger partial charge in [0.15, 0.2) is 0 Å². The molecule has 0 amide bonds. The molecule has 0 unspecified atom stereocenters. The van der Waals surface area contributed by atoms with Crippen LogP contribution < -0.4 is 5.73 Å². The highest BCUT2D eigenvalue weighted by Crippen LogP contribution is 2.18. The van der Waals surface area contributed by atoms with Gasteiger partial charge in [-0.2, -0.15) is 13.2 Å². The molecule has 0 aliphatic carbocycles. The van der Waals surface area contributed by atoms with Crippen LogP contribution in [0.4, 0.5) is 13.2 Å². The number of halogens is 3. The van der Waals surface area contributed by atoms with Crippen LogP contribution in [0.3, 0.4) is 0 Å². The summed E-state index contributed by atoms with van der Waals surface area (Å²) in [7, 11) is 0. The molecule has 0 fully saturated rings. The SMILES string of the molecule is NCCCCOCCC(F)(F)F. The largest absolute Gasteiger partial charge is 0.391 e. The molecule has 0 saturated carbocycles. The Bertz CT molecular complexity index is 105. The molecule has 0 spiro atoms. The third kappa shape index (κ3) is 9.71. The lowest BCUT2D eigenvalue weighted by molar-refractivity contribution is -0.145. The van der Waals surface area contributed by atoms with Gasteiger partial charge in [0.1, 0.15) is 0 Å². The maximum atomic E-state index is 11.5. The number of ether oxygens (including phenoxy) is 1. The van der Waals surface area contributed by atoms with Crippen LogP contribution in [0.5, 0.6) is 0 Å². The fraction of sp³-hybridized carbons (Fsp3) is 1.00. The topological polar surface area (TPSA) is 35.2 Å². The highest BCUT2D eigenvalue weighted by Gasteiger charge is 2.26. The van der Waals surface area contributed by atoms with Gasteiger partial charge in [-0.3, -0.25) is 0 Å². The van der Waals surface area contributed by atoms with E-state index < -0.39 is 12.6 Å². The zero-order chi connectivity index (χ0) is 9.45. The molecule has 0 heterocycles. The molecule has 0 atom stereocenters. The van der Waals surface area contributed by atoms with Gasteiger partial charge in [0.2, 0.25) is 0 Å². The number of hydrogen-bond donors (Lipinski definition) is 1. The summed E-state index contributed by atoms with van der Waals surface area (Å²) in [5.74, 6) is 0. The van der Waals surface area contributed by atoms with Gasteiger partial charge in [-0.25, -0.2) is 0 Å². The molecule has 0 aromatic carbocycles. The minimum Gasteiger partial charge on any atom is -0.381 e. The second-order valence-electron chi connectivity index (χ2n) is 2.47. The van der Waals surface area contributed by atoms with E-state index in [1.165, 1.54) is 0 Å². The van der Waals surface area contributed by atoms with E-state index >= 15 is 0 Å². The fourth-order valence-electron chi connectivity index (χ4n) is 0.638. The summed E-state index contributed by atoms with van der Waals surface area (Å²) < 4.78 is 39.3. The predicted molar refractivity (Wildman–Crippen MR) is 39.8 cm³/mol. The number of alkyl halides is 3. The van der Waals surface area contributed by atoms with Crippen molar-refractivity contribution in [3.05, 3.63) is 0 Å². The smallest absolute Gasteiger partial charge is 0.381 e. The van der Waals surface area contributed by atoms with Crippen LogP contribution in [0.15, 0.2) is 0 Å². The van der Waals surface area contributed by atoms with Gasteiger partial charge in [-0.05, 0) is 19.4 Å². The van der Waals surface area contributed by atoms with Gasteiger partial charge in [0.05, 0.1) is 13.0 Å². The Morgan fingerprint density at radius 2 is 1.75 bits per heavy atom. The van der Waals surface area contributed by atoms with Crippen molar-refractivity contribution >= 4 is 0 Å². The highest BCUT2D eigenvalue weighted by atomic mass is 19.4. The molecule has 0 aromatic heterocycles. The number of rotatable bonds is 6. The van der Waals surface area contributed by atoms with Crippen molar-refractivity contribution in [1.82, 2.24) is 0 Å². The van der Waals surface area contributed by atoms with E-state index in [2.05, 4.69) is 0 Å². The minimum absolute atomic E-state index is 0.242.